The Morgan fingerprint density at radius 3 is 1.67 bits per heavy atom. The van der Waals surface area contributed by atoms with E-state index in [1.165, 1.54) is 14.2 Å². The molecule has 0 saturated carbocycles. The molecule has 0 aromatic heterocycles. The van der Waals surface area contributed by atoms with Gasteiger partial charge >= 0.3 is 7.60 Å². The predicted octanol–water partition coefficient (Wildman–Crippen LogP) is 6.43. The zero-order valence-corrected chi connectivity index (χ0v) is 17.2. The van der Waals surface area contributed by atoms with Gasteiger partial charge in [-0.25, -0.2) is 0 Å². The second kappa shape index (κ2) is 8.00. The average molecular weight is 401 g/mol. The minimum atomic E-state index is -3.66. The van der Waals surface area contributed by atoms with E-state index in [2.05, 4.69) is 0 Å². The maximum Gasteiger partial charge on any atom is 0.349 e. The zero-order chi connectivity index (χ0) is 19.5. The highest BCUT2D eigenvalue weighted by Crippen LogP contribution is 2.69. The molecule has 0 aliphatic heterocycles. The predicted molar refractivity (Wildman–Crippen MR) is 111 cm³/mol. The maximum atomic E-state index is 14.1. The Morgan fingerprint density at radius 2 is 1.19 bits per heavy atom. The fourth-order valence-electron chi connectivity index (χ4n) is 3.49. The number of hydrogen-bond donors (Lipinski definition) is 0. The highest BCUT2D eigenvalue weighted by Gasteiger charge is 2.54. The Labute approximate surface area is 165 Å². The van der Waals surface area contributed by atoms with Crippen molar-refractivity contribution in [3.63, 3.8) is 0 Å². The molecule has 0 bridgehead atoms. The van der Waals surface area contributed by atoms with Crippen LogP contribution in [-0.4, -0.2) is 14.2 Å². The van der Waals surface area contributed by atoms with Crippen molar-refractivity contribution in [1.29, 1.82) is 0 Å². The summed E-state index contributed by atoms with van der Waals surface area (Å²) in [4.78, 5) is 0. The van der Waals surface area contributed by atoms with Crippen molar-refractivity contribution in [3.05, 3.63) is 106 Å². The largest absolute Gasteiger partial charge is 0.349 e. The zero-order valence-electron chi connectivity index (χ0n) is 15.6. The molecule has 5 heteroatoms. The van der Waals surface area contributed by atoms with Gasteiger partial charge in [-0.15, -0.1) is 0 Å². The molecule has 27 heavy (non-hydrogen) atoms. The monoisotopic (exact) mass is 400 g/mol. The minimum Gasteiger partial charge on any atom is -0.311 e. The molecule has 0 spiro atoms. The third-order valence-corrected chi connectivity index (χ3v) is 7.62. The van der Waals surface area contributed by atoms with Crippen LogP contribution in [0.2, 0.25) is 5.02 Å². The molecule has 3 aromatic rings. The third kappa shape index (κ3) is 3.37. The lowest BCUT2D eigenvalue weighted by Crippen LogP contribution is -2.31. The van der Waals surface area contributed by atoms with Gasteiger partial charge in [0.2, 0.25) is 0 Å². The molecule has 0 saturated heterocycles. The first kappa shape index (κ1) is 19.9. The molecule has 1 unspecified atom stereocenters. The summed E-state index contributed by atoms with van der Waals surface area (Å²) in [5.41, 5.74) is 3.55. The summed E-state index contributed by atoms with van der Waals surface area (Å²) in [7, 11) is -0.816. The quantitative estimate of drug-likeness (QED) is 0.353. The van der Waals surface area contributed by atoms with Crippen molar-refractivity contribution in [2.75, 3.05) is 14.2 Å². The van der Waals surface area contributed by atoms with Crippen LogP contribution in [0, 0.1) is 6.92 Å². The average Bonchev–Trinajstić information content (AvgIpc) is 2.71. The standard InChI is InChI=1S/C22H22ClO3P/c1-17-9-11-19(12-10-17)22(27(24,25-2)26-3,18-7-5-4-6-8-18)20-13-15-21(23)16-14-20/h4-16H,1-3H3. The lowest BCUT2D eigenvalue weighted by molar-refractivity contribution is 0.259. The van der Waals surface area contributed by atoms with Crippen molar-refractivity contribution < 1.29 is 13.6 Å². The van der Waals surface area contributed by atoms with Crippen molar-refractivity contribution in [2.45, 2.75) is 12.1 Å². The number of halogens is 1. The molecule has 3 rings (SSSR count). The van der Waals surface area contributed by atoms with E-state index in [1.54, 1.807) is 12.1 Å². The molecule has 3 aromatic carbocycles. The lowest BCUT2D eigenvalue weighted by atomic mass is 9.83. The van der Waals surface area contributed by atoms with Crippen LogP contribution < -0.4 is 0 Å². The Morgan fingerprint density at radius 1 is 0.741 bits per heavy atom. The highest BCUT2D eigenvalue weighted by atomic mass is 35.5. The van der Waals surface area contributed by atoms with Gasteiger partial charge in [-0.2, -0.15) is 0 Å². The number of benzene rings is 3. The summed E-state index contributed by atoms with van der Waals surface area (Å²) in [5, 5.41) is -0.523. The highest BCUT2D eigenvalue weighted by molar-refractivity contribution is 7.55. The molecular weight excluding hydrogens is 379 g/mol. The molecule has 0 radical (unpaired) electrons. The van der Waals surface area contributed by atoms with Crippen LogP contribution in [0.15, 0.2) is 78.9 Å². The second-order valence-corrected chi connectivity index (χ2v) is 9.14. The van der Waals surface area contributed by atoms with Gasteiger partial charge in [-0.05, 0) is 35.7 Å². The summed E-state index contributed by atoms with van der Waals surface area (Å²) in [6, 6.07) is 24.9. The number of rotatable bonds is 6. The van der Waals surface area contributed by atoms with Gasteiger partial charge in [0.05, 0.1) is 0 Å². The van der Waals surface area contributed by atoms with Crippen molar-refractivity contribution in [1.82, 2.24) is 0 Å². The van der Waals surface area contributed by atoms with Gasteiger partial charge in [0.25, 0.3) is 0 Å². The van der Waals surface area contributed by atoms with E-state index in [1.807, 2.05) is 73.7 Å². The molecule has 140 valence electrons. The molecule has 0 amide bonds. The van der Waals surface area contributed by atoms with E-state index in [0.29, 0.717) is 5.02 Å². The van der Waals surface area contributed by atoms with E-state index >= 15 is 0 Å². The van der Waals surface area contributed by atoms with Crippen molar-refractivity contribution in [3.8, 4) is 0 Å². The van der Waals surface area contributed by atoms with Gasteiger partial charge in [0.15, 0.2) is 0 Å². The van der Waals surface area contributed by atoms with Crippen LogP contribution in [-0.2, 0) is 18.8 Å². The minimum absolute atomic E-state index is 0.606. The van der Waals surface area contributed by atoms with Crippen LogP contribution in [0.3, 0.4) is 0 Å². The number of aryl methyl sites for hydroxylation is 1. The van der Waals surface area contributed by atoms with E-state index in [0.717, 1.165) is 22.3 Å². The Balaban J connectivity index is 2.47. The topological polar surface area (TPSA) is 35.5 Å². The van der Waals surface area contributed by atoms with Gasteiger partial charge in [0, 0.05) is 19.2 Å². The molecule has 1 atom stereocenters. The van der Waals surface area contributed by atoms with Crippen molar-refractivity contribution >= 4 is 19.2 Å². The normalized spacial score (nSPS) is 13.9. The van der Waals surface area contributed by atoms with Crippen LogP contribution in [0.25, 0.3) is 0 Å². The molecule has 0 fully saturated rings. The number of hydrogen-bond acceptors (Lipinski definition) is 3. The smallest absolute Gasteiger partial charge is 0.311 e. The molecule has 0 aliphatic carbocycles. The Hall–Kier alpha value is -1.90. The van der Waals surface area contributed by atoms with Crippen LogP contribution in [0.4, 0.5) is 0 Å². The van der Waals surface area contributed by atoms with Crippen LogP contribution in [0.5, 0.6) is 0 Å². The first-order valence-electron chi connectivity index (χ1n) is 8.58. The lowest BCUT2D eigenvalue weighted by Gasteiger charge is -2.39. The molecule has 3 nitrogen and oxygen atoms in total. The van der Waals surface area contributed by atoms with E-state index < -0.39 is 12.8 Å². The van der Waals surface area contributed by atoms with Gasteiger partial charge in [-0.3, -0.25) is 4.57 Å². The Bertz CT molecular complexity index is 884. The van der Waals surface area contributed by atoms with E-state index in [4.69, 9.17) is 20.6 Å². The maximum absolute atomic E-state index is 14.1. The summed E-state index contributed by atoms with van der Waals surface area (Å²) >= 11 is 6.13. The first-order valence-corrected chi connectivity index (χ1v) is 10.5. The molecule has 0 N–H and O–H groups in total. The summed E-state index contributed by atoms with van der Waals surface area (Å²) in [5.74, 6) is 0. The van der Waals surface area contributed by atoms with Gasteiger partial charge in [0.1, 0.15) is 5.16 Å². The van der Waals surface area contributed by atoms with Crippen LogP contribution >= 0.6 is 19.2 Å². The van der Waals surface area contributed by atoms with Crippen molar-refractivity contribution in [2.24, 2.45) is 0 Å². The SMILES string of the molecule is COP(=O)(OC)C(c1ccccc1)(c1ccc(C)cc1)c1ccc(Cl)cc1. The fourth-order valence-corrected chi connectivity index (χ4v) is 5.71. The first-order chi connectivity index (χ1) is 13.0. The summed E-state index contributed by atoms with van der Waals surface area (Å²) < 4.78 is 25.2. The molecule has 0 heterocycles. The fraction of sp³-hybridized carbons (Fsp3) is 0.182. The van der Waals surface area contributed by atoms with E-state index in [9.17, 15) is 4.57 Å². The summed E-state index contributed by atoms with van der Waals surface area (Å²) in [6.07, 6.45) is 0. The van der Waals surface area contributed by atoms with Gasteiger partial charge < -0.3 is 9.05 Å². The molecule has 0 aliphatic rings. The van der Waals surface area contributed by atoms with E-state index in [-0.39, 0.29) is 0 Å². The molecular formula is C22H22ClO3P. The summed E-state index contributed by atoms with van der Waals surface area (Å²) in [6.45, 7) is 2.02. The van der Waals surface area contributed by atoms with Gasteiger partial charge in [-0.1, -0.05) is 83.9 Å². The Kier molecular flexibility index (Phi) is 5.88. The second-order valence-electron chi connectivity index (χ2n) is 6.31. The third-order valence-electron chi connectivity index (χ3n) is 4.81. The van der Waals surface area contributed by atoms with Crippen LogP contribution in [0.1, 0.15) is 22.3 Å².